The summed E-state index contributed by atoms with van der Waals surface area (Å²) in [6.07, 6.45) is 13.2. The Labute approximate surface area is 333 Å². The molecule has 2 fully saturated rings. The summed E-state index contributed by atoms with van der Waals surface area (Å²) in [5, 5.41) is 12.7. The third kappa shape index (κ3) is 10.8. The van der Waals surface area contributed by atoms with Crippen molar-refractivity contribution in [1.82, 2.24) is 24.8 Å². The standard InChI is InChI=1S/C40H53N7O9S/c41-57(51,52)56-25-30-22-31(46-15-13-33-39(43-26-44-40(33)46)45-34-10-9-29-3-1-2-4-32(29)34)23-35(30)55-20-19-54-18-17-53-16-14-42-36(48)21-27-5-7-28(8-6-27)24-47-37(49)11-12-38(47)50/h1-4,11-13,15,26-28,30-31,34-35H,5-10,14,16-25H2,(H,42,48)(H2,41,51,52)(H,43,44,45)/t27?,28?,30-,31+,34-,35-/m0/s1. The van der Waals surface area contributed by atoms with Crippen LogP contribution in [0.15, 0.2) is 55.0 Å². The fraction of sp³-hybridized carbons (Fsp3) is 0.575. The molecule has 3 aliphatic carbocycles. The van der Waals surface area contributed by atoms with Gasteiger partial charge in [0.1, 0.15) is 17.8 Å². The van der Waals surface area contributed by atoms with Crippen LogP contribution in [-0.2, 0) is 49.5 Å². The highest BCUT2D eigenvalue weighted by atomic mass is 32.2. The van der Waals surface area contributed by atoms with Gasteiger partial charge in [-0.1, -0.05) is 24.3 Å². The molecule has 16 nitrogen and oxygen atoms in total. The van der Waals surface area contributed by atoms with E-state index < -0.39 is 10.3 Å². The normalized spacial score (nSPS) is 24.8. The van der Waals surface area contributed by atoms with E-state index in [1.165, 1.54) is 28.2 Å². The number of carbonyl (C=O) groups is 3. The molecule has 1 aromatic carbocycles. The van der Waals surface area contributed by atoms with Crippen LogP contribution < -0.4 is 15.8 Å². The van der Waals surface area contributed by atoms with Gasteiger partial charge in [0.2, 0.25) is 5.91 Å². The molecule has 1 aliphatic heterocycles. The van der Waals surface area contributed by atoms with Crippen LogP contribution in [-0.4, -0.2) is 104 Å². The molecule has 4 N–H and O–H groups in total. The van der Waals surface area contributed by atoms with Crippen molar-refractivity contribution >= 4 is 44.9 Å². The lowest BCUT2D eigenvalue weighted by atomic mass is 9.80. The van der Waals surface area contributed by atoms with Crippen LogP contribution in [0.5, 0.6) is 0 Å². The molecule has 17 heteroatoms. The second-order valence-electron chi connectivity index (χ2n) is 15.5. The largest absolute Gasteiger partial charge is 0.377 e. The van der Waals surface area contributed by atoms with E-state index in [4.69, 9.17) is 23.5 Å². The molecule has 0 spiro atoms. The van der Waals surface area contributed by atoms with Crippen LogP contribution in [0.2, 0.25) is 0 Å². The lowest BCUT2D eigenvalue weighted by molar-refractivity contribution is -0.137. The Balaban J connectivity index is 0.789. The maximum Gasteiger partial charge on any atom is 0.333 e. The topological polar surface area (TPSA) is 206 Å². The molecule has 0 radical (unpaired) electrons. The number of carbonyl (C=O) groups excluding carboxylic acids is 3. The maximum absolute atomic E-state index is 12.5. The molecular formula is C40H53N7O9S. The van der Waals surface area contributed by atoms with Crippen molar-refractivity contribution in [3.05, 3.63) is 66.1 Å². The number of imide groups is 1. The fourth-order valence-corrected chi connectivity index (χ4v) is 9.13. The van der Waals surface area contributed by atoms with E-state index in [0.717, 1.165) is 55.4 Å². The maximum atomic E-state index is 12.5. The van der Waals surface area contributed by atoms with Crippen molar-refractivity contribution in [2.24, 2.45) is 22.9 Å². The number of anilines is 1. The number of hydrogen-bond acceptors (Lipinski definition) is 12. The highest BCUT2D eigenvalue weighted by Crippen LogP contribution is 2.40. The molecule has 3 amide bonds. The Morgan fingerprint density at radius 3 is 2.42 bits per heavy atom. The number of aromatic nitrogens is 3. The van der Waals surface area contributed by atoms with E-state index in [0.29, 0.717) is 71.3 Å². The highest BCUT2D eigenvalue weighted by molar-refractivity contribution is 7.84. The van der Waals surface area contributed by atoms with Crippen LogP contribution in [0, 0.1) is 17.8 Å². The van der Waals surface area contributed by atoms with E-state index in [2.05, 4.69) is 49.4 Å². The summed E-state index contributed by atoms with van der Waals surface area (Å²) in [7, 11) is -4.11. The SMILES string of the molecule is NS(=O)(=O)OC[C@@H]1C[C@@H](n2ccc3c(N[C@H]4CCc5ccccc54)ncnc32)C[C@@H]1OCCOCCOCCNC(=O)CC1CCC(CN2C(=O)C=CC2=O)CC1. The Morgan fingerprint density at radius 2 is 1.63 bits per heavy atom. The zero-order valence-corrected chi connectivity index (χ0v) is 32.9. The van der Waals surface area contributed by atoms with Crippen molar-refractivity contribution < 1.29 is 41.2 Å². The van der Waals surface area contributed by atoms with Gasteiger partial charge in [-0.3, -0.25) is 23.5 Å². The highest BCUT2D eigenvalue weighted by Gasteiger charge is 2.38. The first-order valence-corrected chi connectivity index (χ1v) is 21.5. The molecule has 7 rings (SSSR count). The molecule has 0 bridgehead atoms. The molecule has 4 atom stereocenters. The number of ether oxygens (including phenoxy) is 3. The molecule has 3 heterocycles. The average molecular weight is 808 g/mol. The summed E-state index contributed by atoms with van der Waals surface area (Å²) >= 11 is 0. The lowest BCUT2D eigenvalue weighted by Crippen LogP contribution is -2.36. The summed E-state index contributed by atoms with van der Waals surface area (Å²) < 4.78 is 48.0. The van der Waals surface area contributed by atoms with Crippen LogP contribution >= 0.6 is 0 Å². The molecule has 308 valence electrons. The van der Waals surface area contributed by atoms with Gasteiger partial charge in [-0.2, -0.15) is 8.42 Å². The first-order chi connectivity index (χ1) is 27.6. The number of benzene rings is 1. The minimum atomic E-state index is -4.11. The summed E-state index contributed by atoms with van der Waals surface area (Å²) in [6, 6.07) is 10.7. The molecule has 4 aliphatic rings. The number of fused-ring (bicyclic) bond motifs is 2. The first kappa shape index (κ1) is 40.9. The first-order valence-electron chi connectivity index (χ1n) is 20.0. The number of nitrogens with two attached hydrogens (primary N) is 1. The second-order valence-corrected chi connectivity index (χ2v) is 16.7. The summed E-state index contributed by atoms with van der Waals surface area (Å²) in [5.41, 5.74) is 3.45. The zero-order chi connectivity index (χ0) is 39.8. The van der Waals surface area contributed by atoms with E-state index in [1.807, 2.05) is 12.3 Å². The molecular weight excluding hydrogens is 755 g/mol. The molecule has 0 unspecified atom stereocenters. The van der Waals surface area contributed by atoms with Gasteiger partial charge in [0.25, 0.3) is 11.8 Å². The van der Waals surface area contributed by atoms with Gasteiger partial charge >= 0.3 is 10.3 Å². The summed E-state index contributed by atoms with van der Waals surface area (Å²) in [6.45, 7) is 2.49. The Bertz CT molecular complexity index is 2000. The Hall–Kier alpha value is -4.26. The molecule has 2 saturated carbocycles. The molecule has 3 aromatic rings. The number of amides is 3. The van der Waals surface area contributed by atoms with Crippen LogP contribution in [0.3, 0.4) is 0 Å². The Kier molecular flexibility index (Phi) is 13.6. The minimum absolute atomic E-state index is 0.00253. The number of hydrogen-bond donors (Lipinski definition) is 3. The van der Waals surface area contributed by atoms with Gasteiger partial charge in [-0.15, -0.1) is 0 Å². The van der Waals surface area contributed by atoms with Gasteiger partial charge < -0.3 is 29.4 Å². The van der Waals surface area contributed by atoms with E-state index >= 15 is 0 Å². The van der Waals surface area contributed by atoms with Gasteiger partial charge in [0.15, 0.2) is 0 Å². The number of rotatable bonds is 20. The predicted octanol–water partition coefficient (Wildman–Crippen LogP) is 3.36. The Morgan fingerprint density at radius 1 is 0.895 bits per heavy atom. The third-order valence-corrected chi connectivity index (χ3v) is 12.1. The fourth-order valence-electron chi connectivity index (χ4n) is 8.76. The number of aryl methyl sites for hydroxylation is 1. The van der Waals surface area contributed by atoms with Crippen LogP contribution in [0.1, 0.15) is 74.6 Å². The van der Waals surface area contributed by atoms with Crippen molar-refractivity contribution in [3.63, 3.8) is 0 Å². The van der Waals surface area contributed by atoms with Crippen molar-refractivity contribution in [2.75, 3.05) is 58.0 Å². The zero-order valence-electron chi connectivity index (χ0n) is 32.1. The smallest absolute Gasteiger partial charge is 0.333 e. The van der Waals surface area contributed by atoms with Crippen molar-refractivity contribution in [2.45, 2.75) is 76.0 Å². The number of nitrogens with one attached hydrogen (secondary N) is 2. The van der Waals surface area contributed by atoms with Crippen molar-refractivity contribution in [1.29, 1.82) is 0 Å². The van der Waals surface area contributed by atoms with Gasteiger partial charge in [0, 0.05) is 49.8 Å². The average Bonchev–Trinajstić information content (AvgIpc) is 3.99. The quantitative estimate of drug-likeness (QED) is 0.111. The molecule has 0 saturated heterocycles. The van der Waals surface area contributed by atoms with E-state index in [9.17, 15) is 22.8 Å². The minimum Gasteiger partial charge on any atom is -0.377 e. The van der Waals surface area contributed by atoms with Gasteiger partial charge in [-0.25, -0.2) is 15.1 Å². The van der Waals surface area contributed by atoms with E-state index in [1.54, 1.807) is 6.33 Å². The third-order valence-electron chi connectivity index (χ3n) is 11.7. The predicted molar refractivity (Wildman–Crippen MR) is 210 cm³/mol. The van der Waals surface area contributed by atoms with Crippen molar-refractivity contribution in [3.8, 4) is 0 Å². The number of nitrogens with zero attached hydrogens (tertiary/aromatic N) is 4. The van der Waals surface area contributed by atoms with Gasteiger partial charge in [-0.05, 0) is 80.4 Å². The summed E-state index contributed by atoms with van der Waals surface area (Å²) in [5.74, 6) is 0.667. The van der Waals surface area contributed by atoms with E-state index in [-0.39, 0.29) is 54.4 Å². The van der Waals surface area contributed by atoms with Gasteiger partial charge in [0.05, 0.1) is 57.2 Å². The molecule has 57 heavy (non-hydrogen) atoms. The lowest BCUT2D eigenvalue weighted by Gasteiger charge is -2.30. The van der Waals surface area contributed by atoms with Crippen LogP contribution in [0.4, 0.5) is 5.82 Å². The second kappa shape index (κ2) is 19.0. The monoisotopic (exact) mass is 807 g/mol. The molecule has 2 aromatic heterocycles. The summed E-state index contributed by atoms with van der Waals surface area (Å²) in [4.78, 5) is 46.7. The van der Waals surface area contributed by atoms with Crippen LogP contribution in [0.25, 0.3) is 11.0 Å².